The SMILES string of the molecule is C=C(O)c1cn2c3c(c(N4CCNCC4)c(F)cc3c1=O)SCC2.CC. The Bertz CT molecular complexity index is 904. The van der Waals surface area contributed by atoms with Crippen molar-refractivity contribution in [2.45, 2.75) is 25.3 Å². The van der Waals surface area contributed by atoms with Crippen LogP contribution >= 0.6 is 11.8 Å². The molecule has 26 heavy (non-hydrogen) atoms. The van der Waals surface area contributed by atoms with E-state index in [1.54, 1.807) is 18.0 Å². The Labute approximate surface area is 156 Å². The van der Waals surface area contributed by atoms with Crippen molar-refractivity contribution in [3.63, 3.8) is 0 Å². The van der Waals surface area contributed by atoms with Gasteiger partial charge in [0, 0.05) is 44.7 Å². The molecule has 1 aromatic carbocycles. The van der Waals surface area contributed by atoms with Gasteiger partial charge >= 0.3 is 0 Å². The van der Waals surface area contributed by atoms with Crippen LogP contribution in [0.2, 0.25) is 0 Å². The molecule has 1 fully saturated rings. The van der Waals surface area contributed by atoms with Gasteiger partial charge in [-0.3, -0.25) is 4.79 Å². The summed E-state index contributed by atoms with van der Waals surface area (Å²) in [7, 11) is 0. The van der Waals surface area contributed by atoms with Gasteiger partial charge in [0.1, 0.15) is 11.6 Å². The number of aromatic nitrogens is 1. The molecule has 140 valence electrons. The zero-order chi connectivity index (χ0) is 18.8. The lowest BCUT2D eigenvalue weighted by molar-refractivity contribution is 0.512. The Balaban J connectivity index is 0.000000948. The van der Waals surface area contributed by atoms with Crippen molar-refractivity contribution in [3.8, 4) is 0 Å². The maximum Gasteiger partial charge on any atom is 0.200 e. The number of hydrogen-bond donors (Lipinski definition) is 2. The van der Waals surface area contributed by atoms with Gasteiger partial charge in [-0.1, -0.05) is 20.4 Å². The number of aryl methyl sites for hydroxylation is 1. The monoisotopic (exact) mass is 377 g/mol. The van der Waals surface area contributed by atoms with Gasteiger partial charge < -0.3 is 19.9 Å². The summed E-state index contributed by atoms with van der Waals surface area (Å²) in [5.74, 6) is 0.139. The Hall–Kier alpha value is -1.99. The molecular formula is C19H24FN3O2S. The predicted octanol–water partition coefficient (Wildman–Crippen LogP) is 3.21. The van der Waals surface area contributed by atoms with Crippen LogP contribution in [0.1, 0.15) is 19.4 Å². The molecule has 5 nitrogen and oxygen atoms in total. The van der Waals surface area contributed by atoms with Crippen LogP contribution in [0, 0.1) is 5.82 Å². The van der Waals surface area contributed by atoms with E-state index in [9.17, 15) is 14.3 Å². The van der Waals surface area contributed by atoms with Gasteiger partial charge in [0.15, 0.2) is 5.43 Å². The largest absolute Gasteiger partial charge is 0.508 e. The first kappa shape index (κ1) is 18.8. The number of piperazine rings is 1. The summed E-state index contributed by atoms with van der Waals surface area (Å²) < 4.78 is 16.8. The van der Waals surface area contributed by atoms with Crippen molar-refractivity contribution in [1.82, 2.24) is 9.88 Å². The lowest BCUT2D eigenvalue weighted by atomic mass is 10.1. The first-order chi connectivity index (χ1) is 12.6. The molecule has 2 aromatic rings. The molecule has 3 heterocycles. The fourth-order valence-electron chi connectivity index (χ4n) is 3.44. The number of pyridine rings is 1. The number of nitrogens with one attached hydrogen (secondary N) is 1. The van der Waals surface area contributed by atoms with Crippen LogP contribution in [0.4, 0.5) is 10.1 Å². The van der Waals surface area contributed by atoms with Gasteiger partial charge in [-0.25, -0.2) is 4.39 Å². The highest BCUT2D eigenvalue weighted by atomic mass is 32.2. The molecule has 0 saturated carbocycles. The van der Waals surface area contributed by atoms with Gasteiger partial charge in [0.05, 0.1) is 27.0 Å². The number of nitrogens with zero attached hydrogens (tertiary/aromatic N) is 2. The number of anilines is 1. The molecule has 0 unspecified atom stereocenters. The Kier molecular flexibility index (Phi) is 5.58. The Morgan fingerprint density at radius 1 is 1.31 bits per heavy atom. The van der Waals surface area contributed by atoms with Crippen molar-refractivity contribution in [2.24, 2.45) is 0 Å². The van der Waals surface area contributed by atoms with Gasteiger partial charge in [0.25, 0.3) is 0 Å². The van der Waals surface area contributed by atoms with Crippen molar-refractivity contribution in [2.75, 3.05) is 36.8 Å². The highest BCUT2D eigenvalue weighted by molar-refractivity contribution is 7.99. The minimum absolute atomic E-state index is 0.134. The first-order valence-electron chi connectivity index (χ1n) is 8.94. The summed E-state index contributed by atoms with van der Waals surface area (Å²) in [5.41, 5.74) is 1.12. The molecule has 0 radical (unpaired) electrons. The number of aliphatic hydroxyl groups is 1. The highest BCUT2D eigenvalue weighted by Crippen LogP contribution is 2.41. The maximum atomic E-state index is 14.9. The summed E-state index contributed by atoms with van der Waals surface area (Å²) in [6.45, 7) is 11.3. The molecule has 0 atom stereocenters. The molecule has 0 aliphatic carbocycles. The second-order valence-electron chi connectivity index (χ2n) is 6.03. The van der Waals surface area contributed by atoms with Crippen molar-refractivity contribution < 1.29 is 9.50 Å². The number of thioether (sulfide) groups is 1. The topological polar surface area (TPSA) is 57.5 Å². The van der Waals surface area contributed by atoms with Crippen molar-refractivity contribution >= 4 is 34.1 Å². The van der Waals surface area contributed by atoms with E-state index in [4.69, 9.17) is 0 Å². The minimum Gasteiger partial charge on any atom is -0.508 e. The maximum absolute atomic E-state index is 14.9. The zero-order valence-corrected chi connectivity index (χ0v) is 16.0. The highest BCUT2D eigenvalue weighted by Gasteiger charge is 2.26. The van der Waals surface area contributed by atoms with E-state index in [1.807, 2.05) is 23.3 Å². The van der Waals surface area contributed by atoms with E-state index in [0.717, 1.165) is 42.3 Å². The van der Waals surface area contributed by atoms with Crippen LogP contribution in [0.3, 0.4) is 0 Å². The average molecular weight is 377 g/mol. The molecule has 2 N–H and O–H groups in total. The third-order valence-corrected chi connectivity index (χ3v) is 5.63. The normalized spacial score (nSPS) is 16.2. The van der Waals surface area contributed by atoms with E-state index in [0.29, 0.717) is 17.6 Å². The molecule has 0 amide bonds. The average Bonchev–Trinajstić information content (AvgIpc) is 2.66. The van der Waals surface area contributed by atoms with E-state index in [1.165, 1.54) is 6.07 Å². The Morgan fingerprint density at radius 3 is 2.65 bits per heavy atom. The molecule has 0 bridgehead atoms. The smallest absolute Gasteiger partial charge is 0.200 e. The fraction of sp³-hybridized carbons (Fsp3) is 0.421. The van der Waals surface area contributed by atoms with Gasteiger partial charge in [0.2, 0.25) is 0 Å². The van der Waals surface area contributed by atoms with Crippen molar-refractivity contribution in [1.29, 1.82) is 0 Å². The third kappa shape index (κ3) is 3.10. The summed E-state index contributed by atoms with van der Waals surface area (Å²) in [6, 6.07) is 1.31. The molecule has 1 aromatic heterocycles. The van der Waals surface area contributed by atoms with Crippen LogP contribution in [0.5, 0.6) is 0 Å². The lowest BCUT2D eigenvalue weighted by Gasteiger charge is -2.33. The van der Waals surface area contributed by atoms with Crippen molar-refractivity contribution in [3.05, 3.63) is 40.4 Å². The fourth-order valence-corrected chi connectivity index (χ4v) is 4.66. The lowest BCUT2D eigenvalue weighted by Crippen LogP contribution is -2.44. The number of benzene rings is 1. The number of rotatable bonds is 2. The van der Waals surface area contributed by atoms with Crippen LogP contribution in [-0.4, -0.2) is 41.6 Å². The summed E-state index contributed by atoms with van der Waals surface area (Å²) in [4.78, 5) is 15.5. The minimum atomic E-state index is -0.377. The molecule has 1 saturated heterocycles. The molecule has 7 heteroatoms. The number of halogens is 1. The summed E-state index contributed by atoms with van der Waals surface area (Å²) in [6.07, 6.45) is 1.63. The van der Waals surface area contributed by atoms with Gasteiger partial charge in [-0.2, -0.15) is 0 Å². The Morgan fingerprint density at radius 2 is 2.00 bits per heavy atom. The summed E-state index contributed by atoms with van der Waals surface area (Å²) in [5, 5.41) is 13.3. The summed E-state index contributed by atoms with van der Waals surface area (Å²) >= 11 is 1.59. The van der Waals surface area contributed by atoms with E-state index in [2.05, 4.69) is 11.9 Å². The second kappa shape index (κ2) is 7.72. The molecule has 2 aliphatic rings. The third-order valence-electron chi connectivity index (χ3n) is 4.57. The molecule has 2 aliphatic heterocycles. The zero-order valence-electron chi connectivity index (χ0n) is 15.1. The second-order valence-corrected chi connectivity index (χ2v) is 7.13. The molecular weight excluding hydrogens is 353 g/mol. The standard InChI is InChI=1S/C17H18FN3O2S.C2H6/c1-10(22)12-9-21-6-7-24-17-14(21)11(16(12)23)8-13(18)15(17)20-4-2-19-3-5-20;1-2/h8-9,19,22H,1-7H2;1-2H3. The first-order valence-corrected chi connectivity index (χ1v) is 9.93. The molecule has 4 rings (SSSR count). The van der Waals surface area contributed by atoms with Crippen LogP contribution in [0.15, 0.2) is 28.5 Å². The van der Waals surface area contributed by atoms with Gasteiger partial charge in [-0.15, -0.1) is 11.8 Å². The van der Waals surface area contributed by atoms with E-state index < -0.39 is 0 Å². The quantitative estimate of drug-likeness (QED) is 0.787. The predicted molar refractivity (Wildman–Crippen MR) is 107 cm³/mol. The van der Waals surface area contributed by atoms with Crippen LogP contribution in [0.25, 0.3) is 16.7 Å². The molecule has 0 spiro atoms. The number of hydrogen-bond acceptors (Lipinski definition) is 5. The van der Waals surface area contributed by atoms with E-state index >= 15 is 0 Å². The van der Waals surface area contributed by atoms with Gasteiger partial charge in [-0.05, 0) is 6.07 Å². The number of aliphatic hydroxyl groups excluding tert-OH is 1. The van der Waals surface area contributed by atoms with Crippen LogP contribution in [-0.2, 0) is 6.54 Å². The van der Waals surface area contributed by atoms with Crippen LogP contribution < -0.4 is 15.6 Å². The van der Waals surface area contributed by atoms with E-state index in [-0.39, 0.29) is 22.6 Å².